The third-order valence-electron chi connectivity index (χ3n) is 3.84. The van der Waals surface area contributed by atoms with Gasteiger partial charge in [0, 0.05) is 17.5 Å². The van der Waals surface area contributed by atoms with E-state index in [0.717, 1.165) is 28.4 Å². The molecule has 1 amide bonds. The Hall–Kier alpha value is -0.680. The van der Waals surface area contributed by atoms with Crippen molar-refractivity contribution in [1.82, 2.24) is 5.32 Å². The summed E-state index contributed by atoms with van der Waals surface area (Å²) in [6, 6.07) is 5.97. The minimum absolute atomic E-state index is 0.0570. The number of carbonyl (C=O) groups excluding carboxylic acids is 1. The second kappa shape index (κ2) is 9.46. The van der Waals surface area contributed by atoms with Crippen LogP contribution in [0.1, 0.15) is 38.2 Å². The van der Waals surface area contributed by atoms with Gasteiger partial charge < -0.3 is 10.1 Å². The number of amides is 1. The normalized spacial score (nSPS) is 15.0. The molecule has 3 nitrogen and oxygen atoms in total. The molecule has 1 fully saturated rings. The highest BCUT2D eigenvalue weighted by atomic mass is 79.9. The van der Waals surface area contributed by atoms with Crippen LogP contribution in [0.15, 0.2) is 22.7 Å². The molecule has 0 unspecified atom stereocenters. The first kappa shape index (κ1) is 17.7. The van der Waals surface area contributed by atoms with Gasteiger partial charge in [0.2, 0.25) is 0 Å². The van der Waals surface area contributed by atoms with Crippen LogP contribution in [0, 0.1) is 0 Å². The van der Waals surface area contributed by atoms with Crippen LogP contribution in [0.5, 0.6) is 5.75 Å². The van der Waals surface area contributed by atoms with E-state index in [1.54, 1.807) is 0 Å². The molecule has 0 radical (unpaired) electrons. The lowest BCUT2D eigenvalue weighted by Gasteiger charge is -2.11. The van der Waals surface area contributed by atoms with Crippen LogP contribution in [0.25, 0.3) is 0 Å². The van der Waals surface area contributed by atoms with Crippen LogP contribution in [-0.2, 0) is 11.2 Å². The first-order chi connectivity index (χ1) is 10.7. The van der Waals surface area contributed by atoms with Gasteiger partial charge in [-0.1, -0.05) is 25.8 Å². The number of nitrogens with one attached hydrogen (secondary N) is 1. The van der Waals surface area contributed by atoms with Gasteiger partial charge in [0.15, 0.2) is 6.61 Å². The third-order valence-corrected chi connectivity index (χ3v) is 5.85. The quantitative estimate of drug-likeness (QED) is 0.681. The Labute approximate surface area is 145 Å². The molecule has 1 aromatic carbocycles. The van der Waals surface area contributed by atoms with Crippen molar-refractivity contribution in [2.75, 3.05) is 18.9 Å². The lowest BCUT2D eigenvalue weighted by molar-refractivity contribution is -0.122. The van der Waals surface area contributed by atoms with E-state index in [2.05, 4.69) is 28.2 Å². The summed E-state index contributed by atoms with van der Waals surface area (Å²) in [6.07, 6.45) is 6.39. The van der Waals surface area contributed by atoms with Gasteiger partial charge in [-0.3, -0.25) is 4.79 Å². The maximum atomic E-state index is 11.8. The summed E-state index contributed by atoms with van der Waals surface area (Å²) in [4.78, 5) is 11.8. The van der Waals surface area contributed by atoms with Crippen molar-refractivity contribution in [2.45, 2.75) is 44.3 Å². The third kappa shape index (κ3) is 5.84. The van der Waals surface area contributed by atoms with Gasteiger partial charge >= 0.3 is 0 Å². The Morgan fingerprint density at radius 3 is 2.86 bits per heavy atom. The summed E-state index contributed by atoms with van der Waals surface area (Å²) in [5, 5.41) is 3.73. The smallest absolute Gasteiger partial charge is 0.257 e. The van der Waals surface area contributed by atoms with Crippen LogP contribution in [0.3, 0.4) is 0 Å². The zero-order chi connectivity index (χ0) is 15.8. The van der Waals surface area contributed by atoms with Crippen LogP contribution in [-0.4, -0.2) is 30.1 Å². The van der Waals surface area contributed by atoms with Gasteiger partial charge in [-0.15, -0.1) is 0 Å². The molecule has 122 valence electrons. The standard InChI is InChI=1S/C17H24BrNO2S/c1-2-13-7-8-16(15(18)11-13)21-12-17(20)19-9-10-22-14-5-3-4-6-14/h7-8,11,14H,2-6,9-10,12H2,1H3,(H,19,20). The zero-order valence-electron chi connectivity index (χ0n) is 13.1. The van der Waals surface area contributed by atoms with E-state index in [0.29, 0.717) is 5.75 Å². The van der Waals surface area contributed by atoms with Crippen molar-refractivity contribution in [3.63, 3.8) is 0 Å². The lowest BCUT2D eigenvalue weighted by atomic mass is 10.2. The SMILES string of the molecule is CCc1ccc(OCC(=O)NCCSC2CCCC2)c(Br)c1. The Morgan fingerprint density at radius 1 is 1.41 bits per heavy atom. The van der Waals surface area contributed by atoms with Gasteiger partial charge in [0.05, 0.1) is 4.47 Å². The molecule has 2 rings (SSSR count). The van der Waals surface area contributed by atoms with E-state index in [-0.39, 0.29) is 12.5 Å². The van der Waals surface area contributed by atoms with Crippen molar-refractivity contribution in [2.24, 2.45) is 0 Å². The maximum absolute atomic E-state index is 11.8. The van der Waals surface area contributed by atoms with Crippen molar-refractivity contribution in [1.29, 1.82) is 0 Å². The highest BCUT2D eigenvalue weighted by Gasteiger charge is 2.14. The molecule has 5 heteroatoms. The van der Waals surface area contributed by atoms with Gasteiger partial charge in [0.1, 0.15) is 5.75 Å². The van der Waals surface area contributed by atoms with Crippen LogP contribution in [0.4, 0.5) is 0 Å². The van der Waals surface area contributed by atoms with Crippen molar-refractivity contribution < 1.29 is 9.53 Å². The number of hydrogen-bond acceptors (Lipinski definition) is 3. The predicted octanol–water partition coefficient (Wildman–Crippen LogP) is 4.18. The summed E-state index contributed by atoms with van der Waals surface area (Å²) >= 11 is 5.46. The molecule has 0 spiro atoms. The summed E-state index contributed by atoms with van der Waals surface area (Å²) in [7, 11) is 0. The molecule has 1 aliphatic carbocycles. The Bertz CT molecular complexity index is 490. The molecule has 1 aromatic rings. The molecular formula is C17H24BrNO2S. The predicted molar refractivity (Wildman–Crippen MR) is 96.7 cm³/mol. The Kier molecular flexibility index (Phi) is 7.60. The second-order valence-electron chi connectivity index (χ2n) is 5.53. The first-order valence-corrected chi connectivity index (χ1v) is 9.82. The van der Waals surface area contributed by atoms with Gasteiger partial charge in [0.25, 0.3) is 5.91 Å². The van der Waals surface area contributed by atoms with E-state index in [4.69, 9.17) is 4.74 Å². The summed E-state index contributed by atoms with van der Waals surface area (Å²) in [5.41, 5.74) is 1.24. The average Bonchev–Trinajstić information content (AvgIpc) is 3.03. The highest BCUT2D eigenvalue weighted by molar-refractivity contribution is 9.10. The van der Waals surface area contributed by atoms with E-state index in [9.17, 15) is 4.79 Å². The van der Waals surface area contributed by atoms with E-state index in [1.165, 1.54) is 31.2 Å². The van der Waals surface area contributed by atoms with Gasteiger partial charge in [-0.05, 0) is 52.9 Å². The molecule has 0 bridgehead atoms. The molecule has 0 heterocycles. The fraction of sp³-hybridized carbons (Fsp3) is 0.588. The Morgan fingerprint density at radius 2 is 2.18 bits per heavy atom. The maximum Gasteiger partial charge on any atom is 0.257 e. The summed E-state index contributed by atoms with van der Waals surface area (Å²) in [6.45, 7) is 2.90. The van der Waals surface area contributed by atoms with Crippen LogP contribution < -0.4 is 10.1 Å². The first-order valence-electron chi connectivity index (χ1n) is 7.98. The number of benzene rings is 1. The van der Waals surface area contributed by atoms with Crippen LogP contribution >= 0.6 is 27.7 Å². The van der Waals surface area contributed by atoms with E-state index >= 15 is 0 Å². The molecule has 0 aromatic heterocycles. The minimum Gasteiger partial charge on any atom is -0.483 e. The fourth-order valence-electron chi connectivity index (χ4n) is 2.55. The van der Waals surface area contributed by atoms with Crippen molar-refractivity contribution in [3.05, 3.63) is 28.2 Å². The number of aryl methyl sites for hydroxylation is 1. The lowest BCUT2D eigenvalue weighted by Crippen LogP contribution is -2.31. The number of halogens is 1. The van der Waals surface area contributed by atoms with E-state index < -0.39 is 0 Å². The molecule has 22 heavy (non-hydrogen) atoms. The largest absolute Gasteiger partial charge is 0.483 e. The topological polar surface area (TPSA) is 38.3 Å². The van der Waals surface area contributed by atoms with Gasteiger partial charge in [-0.2, -0.15) is 11.8 Å². The number of carbonyl (C=O) groups is 1. The molecule has 1 aliphatic rings. The number of thioether (sulfide) groups is 1. The van der Waals surface area contributed by atoms with E-state index in [1.807, 2.05) is 30.0 Å². The van der Waals surface area contributed by atoms with Crippen molar-refractivity contribution in [3.8, 4) is 5.75 Å². The molecule has 0 saturated heterocycles. The Balaban J connectivity index is 1.62. The summed E-state index contributed by atoms with van der Waals surface area (Å²) < 4.78 is 6.46. The summed E-state index contributed by atoms with van der Waals surface area (Å²) in [5.74, 6) is 1.65. The average molecular weight is 386 g/mol. The second-order valence-corrected chi connectivity index (χ2v) is 7.80. The number of hydrogen-bond donors (Lipinski definition) is 1. The van der Waals surface area contributed by atoms with Crippen LogP contribution in [0.2, 0.25) is 0 Å². The monoisotopic (exact) mass is 385 g/mol. The molecule has 1 N–H and O–H groups in total. The molecule has 1 saturated carbocycles. The minimum atomic E-state index is -0.0570. The molecular weight excluding hydrogens is 362 g/mol. The highest BCUT2D eigenvalue weighted by Crippen LogP contribution is 2.29. The van der Waals surface area contributed by atoms with Gasteiger partial charge in [-0.25, -0.2) is 0 Å². The zero-order valence-corrected chi connectivity index (χ0v) is 15.5. The fourth-order valence-corrected chi connectivity index (χ4v) is 4.31. The molecule has 0 atom stereocenters. The number of rotatable bonds is 8. The number of ether oxygens (including phenoxy) is 1. The molecule has 0 aliphatic heterocycles. The van der Waals surface area contributed by atoms with Crippen molar-refractivity contribution >= 4 is 33.6 Å².